The maximum absolute atomic E-state index is 13.8. The Kier molecular flexibility index (Phi) is 3.55. The van der Waals surface area contributed by atoms with E-state index in [0.717, 1.165) is 11.1 Å². The van der Waals surface area contributed by atoms with Crippen LogP contribution in [0.15, 0.2) is 48.5 Å². The van der Waals surface area contributed by atoms with E-state index in [0.29, 0.717) is 12.1 Å². The summed E-state index contributed by atoms with van der Waals surface area (Å²) in [6, 6.07) is 14.9. The molecule has 88 valence electrons. The Balaban J connectivity index is 2.44. The highest BCUT2D eigenvalue weighted by atomic mass is 19.1. The molecule has 0 saturated carbocycles. The van der Waals surface area contributed by atoms with Crippen LogP contribution in [0.5, 0.6) is 0 Å². The van der Waals surface area contributed by atoms with Gasteiger partial charge in [-0.25, -0.2) is 4.39 Å². The zero-order valence-corrected chi connectivity index (χ0v) is 9.86. The van der Waals surface area contributed by atoms with Crippen molar-refractivity contribution < 1.29 is 4.39 Å². The highest BCUT2D eigenvalue weighted by molar-refractivity contribution is 5.35. The number of hydrogen-bond acceptors (Lipinski definition) is 1. The molecule has 0 fully saturated rings. The van der Waals surface area contributed by atoms with Crippen LogP contribution >= 0.6 is 0 Å². The lowest BCUT2D eigenvalue weighted by Gasteiger charge is -2.17. The molecular weight excluding hydrogens is 213 g/mol. The quantitative estimate of drug-likeness (QED) is 0.859. The highest BCUT2D eigenvalue weighted by Crippen LogP contribution is 2.26. The molecule has 0 bridgehead atoms. The third-order valence-corrected chi connectivity index (χ3v) is 2.96. The molecular formula is C15H16FN. The maximum Gasteiger partial charge on any atom is 0.127 e. The minimum absolute atomic E-state index is 0.0731. The number of nitrogens with two attached hydrogens (primary N) is 1. The van der Waals surface area contributed by atoms with Gasteiger partial charge in [-0.15, -0.1) is 0 Å². The molecule has 0 heterocycles. The topological polar surface area (TPSA) is 26.0 Å². The molecule has 0 aromatic heterocycles. The SMILES string of the molecule is Cc1cccc(C(CN)c2ccccc2F)c1. The summed E-state index contributed by atoms with van der Waals surface area (Å²) < 4.78 is 13.8. The first-order valence-corrected chi connectivity index (χ1v) is 5.73. The molecule has 0 saturated heterocycles. The Labute approximate surface area is 101 Å². The van der Waals surface area contributed by atoms with E-state index >= 15 is 0 Å². The molecule has 1 nitrogen and oxygen atoms in total. The monoisotopic (exact) mass is 229 g/mol. The van der Waals surface area contributed by atoms with Crippen LogP contribution in [0.2, 0.25) is 0 Å². The van der Waals surface area contributed by atoms with Gasteiger partial charge in [-0.3, -0.25) is 0 Å². The maximum atomic E-state index is 13.8. The summed E-state index contributed by atoms with van der Waals surface area (Å²) in [5.74, 6) is -0.263. The first-order valence-electron chi connectivity index (χ1n) is 5.73. The number of rotatable bonds is 3. The molecule has 2 N–H and O–H groups in total. The van der Waals surface area contributed by atoms with Crippen LogP contribution in [-0.4, -0.2) is 6.54 Å². The molecule has 17 heavy (non-hydrogen) atoms. The molecule has 1 unspecified atom stereocenters. The average Bonchev–Trinajstić information content (AvgIpc) is 2.33. The lowest BCUT2D eigenvalue weighted by molar-refractivity contribution is 0.597. The molecule has 2 rings (SSSR count). The van der Waals surface area contributed by atoms with Crippen molar-refractivity contribution in [2.24, 2.45) is 5.73 Å². The predicted molar refractivity (Wildman–Crippen MR) is 68.5 cm³/mol. The van der Waals surface area contributed by atoms with Crippen molar-refractivity contribution in [2.45, 2.75) is 12.8 Å². The van der Waals surface area contributed by atoms with Crippen LogP contribution in [0.4, 0.5) is 4.39 Å². The molecule has 1 atom stereocenters. The predicted octanol–water partition coefficient (Wildman–Crippen LogP) is 3.22. The zero-order chi connectivity index (χ0) is 12.3. The van der Waals surface area contributed by atoms with E-state index in [2.05, 4.69) is 6.07 Å². The molecule has 0 aliphatic rings. The van der Waals surface area contributed by atoms with Crippen molar-refractivity contribution in [1.29, 1.82) is 0 Å². The van der Waals surface area contributed by atoms with Crippen LogP contribution in [0.25, 0.3) is 0 Å². The van der Waals surface area contributed by atoms with Crippen LogP contribution in [-0.2, 0) is 0 Å². The summed E-state index contributed by atoms with van der Waals surface area (Å²) in [7, 11) is 0. The second kappa shape index (κ2) is 5.11. The Bertz CT molecular complexity index is 508. The third kappa shape index (κ3) is 2.53. The molecule has 2 heteroatoms. The summed E-state index contributed by atoms with van der Waals surface area (Å²) >= 11 is 0. The van der Waals surface area contributed by atoms with Gasteiger partial charge in [0.2, 0.25) is 0 Å². The summed E-state index contributed by atoms with van der Waals surface area (Å²) in [5, 5.41) is 0. The van der Waals surface area contributed by atoms with E-state index in [1.165, 1.54) is 6.07 Å². The number of benzene rings is 2. The Morgan fingerprint density at radius 3 is 2.53 bits per heavy atom. The molecule has 0 radical (unpaired) electrons. The Morgan fingerprint density at radius 2 is 1.88 bits per heavy atom. The fraction of sp³-hybridized carbons (Fsp3) is 0.200. The lowest BCUT2D eigenvalue weighted by atomic mass is 9.90. The highest BCUT2D eigenvalue weighted by Gasteiger charge is 2.15. The van der Waals surface area contributed by atoms with E-state index in [4.69, 9.17) is 5.73 Å². The second-order valence-electron chi connectivity index (χ2n) is 4.22. The normalized spacial score (nSPS) is 12.4. The molecule has 2 aromatic rings. The van der Waals surface area contributed by atoms with E-state index in [1.807, 2.05) is 31.2 Å². The smallest absolute Gasteiger partial charge is 0.127 e. The van der Waals surface area contributed by atoms with Gasteiger partial charge in [0, 0.05) is 12.5 Å². The fourth-order valence-electron chi connectivity index (χ4n) is 2.09. The first-order chi connectivity index (χ1) is 8.22. The van der Waals surface area contributed by atoms with Crippen LogP contribution < -0.4 is 5.73 Å². The average molecular weight is 229 g/mol. The number of halogens is 1. The van der Waals surface area contributed by atoms with E-state index in [9.17, 15) is 4.39 Å². The molecule has 0 aliphatic carbocycles. The molecule has 0 amide bonds. The van der Waals surface area contributed by atoms with Gasteiger partial charge >= 0.3 is 0 Å². The van der Waals surface area contributed by atoms with E-state index < -0.39 is 0 Å². The van der Waals surface area contributed by atoms with Gasteiger partial charge in [0.05, 0.1) is 0 Å². The van der Waals surface area contributed by atoms with Crippen molar-refractivity contribution in [3.05, 3.63) is 71.0 Å². The van der Waals surface area contributed by atoms with Crippen molar-refractivity contribution in [2.75, 3.05) is 6.54 Å². The second-order valence-corrected chi connectivity index (χ2v) is 4.22. The lowest BCUT2D eigenvalue weighted by Crippen LogP contribution is -2.15. The van der Waals surface area contributed by atoms with Crippen LogP contribution in [0.1, 0.15) is 22.6 Å². The van der Waals surface area contributed by atoms with Crippen LogP contribution in [0.3, 0.4) is 0 Å². The van der Waals surface area contributed by atoms with Gasteiger partial charge < -0.3 is 5.73 Å². The summed E-state index contributed by atoms with van der Waals surface area (Å²) in [5.41, 5.74) is 8.69. The molecule has 0 aliphatic heterocycles. The van der Waals surface area contributed by atoms with Crippen molar-refractivity contribution in [3.63, 3.8) is 0 Å². The van der Waals surface area contributed by atoms with Crippen molar-refractivity contribution in [1.82, 2.24) is 0 Å². The fourth-order valence-corrected chi connectivity index (χ4v) is 2.09. The standard InChI is InChI=1S/C15H16FN/c1-11-5-4-6-12(9-11)14(10-17)13-7-2-3-8-15(13)16/h2-9,14H,10,17H2,1H3. The van der Waals surface area contributed by atoms with E-state index in [1.54, 1.807) is 12.1 Å². The molecule has 2 aromatic carbocycles. The Morgan fingerprint density at radius 1 is 1.12 bits per heavy atom. The van der Waals surface area contributed by atoms with Crippen molar-refractivity contribution >= 4 is 0 Å². The van der Waals surface area contributed by atoms with Crippen molar-refractivity contribution in [3.8, 4) is 0 Å². The minimum atomic E-state index is -0.190. The summed E-state index contributed by atoms with van der Waals surface area (Å²) in [6.07, 6.45) is 0. The van der Waals surface area contributed by atoms with Gasteiger partial charge in [0.15, 0.2) is 0 Å². The van der Waals surface area contributed by atoms with Gasteiger partial charge in [-0.2, -0.15) is 0 Å². The Hall–Kier alpha value is -1.67. The summed E-state index contributed by atoms with van der Waals surface area (Å²) in [6.45, 7) is 2.43. The van der Waals surface area contributed by atoms with E-state index in [-0.39, 0.29) is 11.7 Å². The molecule has 0 spiro atoms. The van der Waals surface area contributed by atoms with Gasteiger partial charge in [-0.1, -0.05) is 48.0 Å². The first kappa shape index (κ1) is 11.8. The largest absolute Gasteiger partial charge is 0.330 e. The zero-order valence-electron chi connectivity index (χ0n) is 9.86. The van der Waals surface area contributed by atoms with Gasteiger partial charge in [0.25, 0.3) is 0 Å². The third-order valence-electron chi connectivity index (χ3n) is 2.96. The summed E-state index contributed by atoms with van der Waals surface area (Å²) in [4.78, 5) is 0. The minimum Gasteiger partial charge on any atom is -0.330 e. The number of hydrogen-bond donors (Lipinski definition) is 1. The van der Waals surface area contributed by atoms with Gasteiger partial charge in [0.1, 0.15) is 5.82 Å². The number of aryl methyl sites for hydroxylation is 1. The van der Waals surface area contributed by atoms with Crippen LogP contribution in [0, 0.1) is 12.7 Å². The van der Waals surface area contributed by atoms with Gasteiger partial charge in [-0.05, 0) is 24.1 Å².